The van der Waals surface area contributed by atoms with Gasteiger partial charge in [0.1, 0.15) is 5.60 Å². The zero-order valence-electron chi connectivity index (χ0n) is 16.4. The van der Waals surface area contributed by atoms with Gasteiger partial charge in [-0.2, -0.15) is 0 Å². The molecule has 2 N–H and O–H groups in total. The number of aromatic amines is 1. The number of aryl methyl sites for hydroxylation is 1. The summed E-state index contributed by atoms with van der Waals surface area (Å²) in [6.45, 7) is 9.57. The number of hydrogen-bond donors (Lipinski definition) is 2. The number of fused-ring (bicyclic) bond motifs is 3. The molecule has 1 aliphatic rings. The van der Waals surface area contributed by atoms with Crippen molar-refractivity contribution in [1.29, 1.82) is 0 Å². The van der Waals surface area contributed by atoms with Crippen LogP contribution < -0.4 is 0 Å². The van der Waals surface area contributed by atoms with Crippen molar-refractivity contribution < 1.29 is 14.6 Å². The van der Waals surface area contributed by atoms with Gasteiger partial charge in [0, 0.05) is 17.3 Å². The third-order valence-corrected chi connectivity index (χ3v) is 5.77. The fraction of sp³-hybridized carbons (Fsp3) is 0.591. The molecule has 3 rings (SSSR count). The maximum Gasteiger partial charge on any atom is 0.303 e. The Bertz CT molecular complexity index is 805. The van der Waals surface area contributed by atoms with E-state index in [1.165, 1.54) is 27.7 Å². The maximum absolute atomic E-state index is 11.0. The Labute approximate surface area is 155 Å². The zero-order chi connectivity index (χ0) is 18.9. The van der Waals surface area contributed by atoms with Crippen molar-refractivity contribution in [2.75, 3.05) is 6.61 Å². The van der Waals surface area contributed by atoms with E-state index >= 15 is 0 Å². The van der Waals surface area contributed by atoms with Crippen LogP contribution in [0.2, 0.25) is 0 Å². The van der Waals surface area contributed by atoms with Gasteiger partial charge in [0.25, 0.3) is 0 Å². The van der Waals surface area contributed by atoms with Crippen molar-refractivity contribution in [2.24, 2.45) is 0 Å². The Morgan fingerprint density at radius 1 is 1.35 bits per heavy atom. The number of carboxylic acids is 1. The summed E-state index contributed by atoms with van der Waals surface area (Å²) in [5.74, 6) is -0.362. The Kier molecular flexibility index (Phi) is 5.42. The van der Waals surface area contributed by atoms with Crippen LogP contribution in [0.4, 0.5) is 0 Å². The lowest BCUT2D eigenvalue weighted by molar-refractivity contribution is -0.136. The number of H-pyrrole nitrogens is 1. The smallest absolute Gasteiger partial charge is 0.303 e. The van der Waals surface area contributed by atoms with E-state index in [1.807, 2.05) is 0 Å². The monoisotopic (exact) mass is 357 g/mol. The van der Waals surface area contributed by atoms with E-state index < -0.39 is 5.97 Å². The van der Waals surface area contributed by atoms with Gasteiger partial charge in [-0.1, -0.05) is 40.2 Å². The molecule has 0 radical (unpaired) electrons. The summed E-state index contributed by atoms with van der Waals surface area (Å²) in [6.07, 6.45) is 4.74. The van der Waals surface area contributed by atoms with Crippen LogP contribution in [0.5, 0.6) is 0 Å². The highest BCUT2D eigenvalue weighted by Crippen LogP contribution is 2.43. The number of aromatic nitrogens is 1. The lowest BCUT2D eigenvalue weighted by Gasteiger charge is -2.36. The van der Waals surface area contributed by atoms with E-state index in [4.69, 9.17) is 9.84 Å². The van der Waals surface area contributed by atoms with Gasteiger partial charge >= 0.3 is 5.97 Å². The summed E-state index contributed by atoms with van der Waals surface area (Å²) < 4.78 is 6.31. The minimum absolute atomic E-state index is 0.174. The van der Waals surface area contributed by atoms with Crippen molar-refractivity contribution in [2.45, 2.75) is 77.7 Å². The van der Waals surface area contributed by atoms with Gasteiger partial charge in [0.2, 0.25) is 0 Å². The van der Waals surface area contributed by atoms with Crippen LogP contribution in [-0.4, -0.2) is 22.7 Å². The van der Waals surface area contributed by atoms with Crippen molar-refractivity contribution in [1.82, 2.24) is 4.98 Å². The number of nitrogens with one attached hydrogen (secondary N) is 1. The third-order valence-electron chi connectivity index (χ3n) is 5.77. The van der Waals surface area contributed by atoms with Crippen LogP contribution in [0.15, 0.2) is 12.1 Å². The average Bonchev–Trinajstić information content (AvgIpc) is 2.99. The van der Waals surface area contributed by atoms with Crippen molar-refractivity contribution in [3.05, 3.63) is 34.5 Å². The first-order valence-electron chi connectivity index (χ1n) is 9.95. The van der Waals surface area contributed by atoms with Crippen molar-refractivity contribution in [3.63, 3.8) is 0 Å². The summed E-state index contributed by atoms with van der Waals surface area (Å²) >= 11 is 0. The predicted molar refractivity (Wildman–Crippen MR) is 105 cm³/mol. The molecule has 0 fully saturated rings. The van der Waals surface area contributed by atoms with Gasteiger partial charge in [0.15, 0.2) is 0 Å². The van der Waals surface area contributed by atoms with Crippen LogP contribution >= 0.6 is 0 Å². The Morgan fingerprint density at radius 3 is 2.73 bits per heavy atom. The molecule has 0 saturated heterocycles. The second-order valence-corrected chi connectivity index (χ2v) is 7.83. The van der Waals surface area contributed by atoms with Crippen molar-refractivity contribution >= 4 is 16.9 Å². The molecule has 4 heteroatoms. The second-order valence-electron chi connectivity index (χ2n) is 7.83. The van der Waals surface area contributed by atoms with E-state index in [2.05, 4.69) is 44.8 Å². The van der Waals surface area contributed by atoms with E-state index in [0.29, 0.717) is 12.3 Å². The number of benzene rings is 1. The first kappa shape index (κ1) is 19.0. The summed E-state index contributed by atoms with van der Waals surface area (Å²) in [5.41, 5.74) is 6.02. The van der Waals surface area contributed by atoms with Crippen LogP contribution in [-0.2, 0) is 28.0 Å². The van der Waals surface area contributed by atoms with E-state index in [1.54, 1.807) is 0 Å². The number of rotatable bonds is 7. The summed E-state index contributed by atoms with van der Waals surface area (Å²) in [5, 5.41) is 10.3. The lowest BCUT2D eigenvalue weighted by atomic mass is 9.85. The molecule has 1 unspecified atom stereocenters. The van der Waals surface area contributed by atoms with Gasteiger partial charge in [-0.3, -0.25) is 4.79 Å². The number of carboxylic acid groups (broad SMARTS) is 1. The topological polar surface area (TPSA) is 62.3 Å². The molecular weight excluding hydrogens is 326 g/mol. The van der Waals surface area contributed by atoms with Crippen LogP contribution in [0.25, 0.3) is 10.9 Å². The normalized spacial score (nSPS) is 19.9. The molecule has 2 aromatic rings. The number of hydrogen-bond acceptors (Lipinski definition) is 2. The Morgan fingerprint density at radius 2 is 2.12 bits per heavy atom. The largest absolute Gasteiger partial charge is 0.481 e. The lowest BCUT2D eigenvalue weighted by Crippen LogP contribution is -2.35. The molecule has 0 spiro atoms. The summed E-state index contributed by atoms with van der Waals surface area (Å²) in [4.78, 5) is 14.8. The Hall–Kier alpha value is -1.81. The minimum Gasteiger partial charge on any atom is -0.481 e. The molecule has 142 valence electrons. The number of carbonyl (C=O) groups is 1. The van der Waals surface area contributed by atoms with Crippen LogP contribution in [0.3, 0.4) is 0 Å². The molecule has 1 aromatic heterocycles. The summed E-state index contributed by atoms with van der Waals surface area (Å²) in [6, 6.07) is 4.39. The molecule has 0 saturated carbocycles. The van der Waals surface area contributed by atoms with Gasteiger partial charge in [-0.05, 0) is 54.4 Å². The standard InChI is InChI=1S/C22H31NO3/c1-5-10-22(6-2)21-16(9-11-26-22)18-13-15(7-8-19(24)25)12-17(14(3)4)20(18)23-21/h12-14,23H,5-11H2,1-4H3,(H,24,25). The van der Waals surface area contributed by atoms with E-state index in [0.717, 1.165) is 37.9 Å². The first-order chi connectivity index (χ1) is 12.4. The first-order valence-corrected chi connectivity index (χ1v) is 9.95. The van der Waals surface area contributed by atoms with Crippen LogP contribution in [0, 0.1) is 0 Å². The zero-order valence-corrected chi connectivity index (χ0v) is 16.4. The molecular formula is C22H31NO3. The molecule has 1 aliphatic heterocycles. The fourth-order valence-corrected chi connectivity index (χ4v) is 4.42. The highest BCUT2D eigenvalue weighted by atomic mass is 16.5. The molecule has 4 nitrogen and oxygen atoms in total. The SMILES string of the molecule is CCCC1(CC)OCCc2c1[nH]c1c(C(C)C)cc(CCC(=O)O)cc21. The number of ether oxygens (including phenoxy) is 1. The van der Waals surface area contributed by atoms with Crippen molar-refractivity contribution in [3.8, 4) is 0 Å². The molecule has 0 bridgehead atoms. The average molecular weight is 357 g/mol. The fourth-order valence-electron chi connectivity index (χ4n) is 4.42. The maximum atomic E-state index is 11.0. The van der Waals surface area contributed by atoms with Gasteiger partial charge in [0.05, 0.1) is 12.3 Å². The molecule has 2 heterocycles. The van der Waals surface area contributed by atoms with Gasteiger partial charge in [-0.25, -0.2) is 0 Å². The quantitative estimate of drug-likeness (QED) is 0.708. The minimum atomic E-state index is -0.742. The highest BCUT2D eigenvalue weighted by Gasteiger charge is 2.38. The Balaban J connectivity index is 2.19. The van der Waals surface area contributed by atoms with Gasteiger partial charge < -0.3 is 14.8 Å². The van der Waals surface area contributed by atoms with E-state index in [9.17, 15) is 4.79 Å². The molecule has 1 atom stereocenters. The molecule has 26 heavy (non-hydrogen) atoms. The second kappa shape index (κ2) is 7.43. The van der Waals surface area contributed by atoms with Gasteiger partial charge in [-0.15, -0.1) is 0 Å². The van der Waals surface area contributed by atoms with E-state index in [-0.39, 0.29) is 12.0 Å². The summed E-state index contributed by atoms with van der Waals surface area (Å²) in [7, 11) is 0. The highest BCUT2D eigenvalue weighted by molar-refractivity contribution is 5.89. The van der Waals surface area contributed by atoms with Crippen LogP contribution in [0.1, 0.15) is 81.7 Å². The number of aliphatic carboxylic acids is 1. The molecule has 0 amide bonds. The predicted octanol–water partition coefficient (Wildman–Crippen LogP) is 5.29. The molecule has 0 aliphatic carbocycles. The molecule has 1 aromatic carbocycles. The third kappa shape index (κ3) is 3.27.